The van der Waals surface area contributed by atoms with E-state index in [1.54, 1.807) is 0 Å². The summed E-state index contributed by atoms with van der Waals surface area (Å²) in [5.74, 6) is 0.666. The molecule has 6 nitrogen and oxygen atoms in total. The Morgan fingerprint density at radius 3 is 2.52 bits per heavy atom. The first-order chi connectivity index (χ1) is 16.1. The number of nitrogens with one attached hydrogen (secondary N) is 2. The van der Waals surface area contributed by atoms with E-state index in [2.05, 4.69) is 69.0 Å². The summed E-state index contributed by atoms with van der Waals surface area (Å²) in [6.07, 6.45) is 1.01. The molecule has 2 amide bonds. The lowest BCUT2D eigenvalue weighted by Crippen LogP contribution is -2.39. The number of fused-ring (bicyclic) bond motifs is 1. The average molecular weight is 445 g/mol. The van der Waals surface area contributed by atoms with Crippen LogP contribution < -0.4 is 25.2 Å². The number of benzene rings is 3. The van der Waals surface area contributed by atoms with Gasteiger partial charge in [-0.25, -0.2) is 4.79 Å². The zero-order valence-corrected chi connectivity index (χ0v) is 19.5. The van der Waals surface area contributed by atoms with Crippen LogP contribution in [-0.4, -0.2) is 39.8 Å². The van der Waals surface area contributed by atoms with Crippen molar-refractivity contribution in [3.63, 3.8) is 0 Å². The maximum absolute atomic E-state index is 12.8. The molecule has 0 radical (unpaired) electrons. The molecule has 0 aliphatic carbocycles. The third-order valence-electron chi connectivity index (χ3n) is 5.98. The smallest absolute Gasteiger partial charge is 0.319 e. The van der Waals surface area contributed by atoms with E-state index in [4.69, 9.17) is 4.74 Å². The minimum Gasteiger partial charge on any atom is -0.492 e. The molecule has 0 spiro atoms. The Kier molecular flexibility index (Phi) is 7.03. The summed E-state index contributed by atoms with van der Waals surface area (Å²) in [5.41, 5.74) is 5.57. The molecular formula is C27H32N4O2. The topological polar surface area (TPSA) is 56.8 Å². The van der Waals surface area contributed by atoms with Gasteiger partial charge in [0.15, 0.2) is 0 Å². The first-order valence-electron chi connectivity index (χ1n) is 11.5. The molecule has 172 valence electrons. The minimum absolute atomic E-state index is 0.0257. The van der Waals surface area contributed by atoms with Crippen molar-refractivity contribution in [2.24, 2.45) is 0 Å². The fourth-order valence-corrected chi connectivity index (χ4v) is 4.30. The maximum atomic E-state index is 12.8. The number of para-hydroxylation sites is 3. The van der Waals surface area contributed by atoms with Gasteiger partial charge in [-0.2, -0.15) is 0 Å². The summed E-state index contributed by atoms with van der Waals surface area (Å²) < 4.78 is 5.63. The molecule has 1 aliphatic heterocycles. The Morgan fingerprint density at radius 2 is 1.76 bits per heavy atom. The largest absolute Gasteiger partial charge is 0.492 e. The molecule has 0 saturated heterocycles. The van der Waals surface area contributed by atoms with E-state index in [0.717, 1.165) is 18.7 Å². The summed E-state index contributed by atoms with van der Waals surface area (Å²) in [6.45, 7) is 3.88. The zero-order valence-electron chi connectivity index (χ0n) is 19.5. The Morgan fingerprint density at radius 1 is 1.03 bits per heavy atom. The van der Waals surface area contributed by atoms with E-state index in [9.17, 15) is 4.79 Å². The van der Waals surface area contributed by atoms with E-state index >= 15 is 0 Å². The van der Waals surface area contributed by atoms with Crippen molar-refractivity contribution in [2.75, 3.05) is 48.9 Å². The molecule has 0 saturated carbocycles. The van der Waals surface area contributed by atoms with Crippen LogP contribution in [0.25, 0.3) is 0 Å². The number of hydrogen-bond donors (Lipinski definition) is 2. The van der Waals surface area contributed by atoms with E-state index in [1.807, 2.05) is 45.3 Å². The Bertz CT molecular complexity index is 1080. The summed E-state index contributed by atoms with van der Waals surface area (Å²) in [5, 5.41) is 6.02. The highest BCUT2D eigenvalue weighted by Gasteiger charge is 2.27. The molecule has 0 bridgehead atoms. The molecule has 3 aromatic rings. The first-order valence-corrected chi connectivity index (χ1v) is 11.5. The van der Waals surface area contributed by atoms with Gasteiger partial charge in [0.1, 0.15) is 5.75 Å². The molecule has 4 rings (SSSR count). The number of rotatable bonds is 8. The van der Waals surface area contributed by atoms with Gasteiger partial charge in [0.05, 0.1) is 18.3 Å². The van der Waals surface area contributed by atoms with Crippen molar-refractivity contribution >= 4 is 23.1 Å². The fourth-order valence-electron chi connectivity index (χ4n) is 4.30. The van der Waals surface area contributed by atoms with E-state index in [0.29, 0.717) is 24.6 Å². The van der Waals surface area contributed by atoms with Gasteiger partial charge >= 0.3 is 6.03 Å². The summed E-state index contributed by atoms with van der Waals surface area (Å²) >= 11 is 0. The van der Waals surface area contributed by atoms with Crippen LogP contribution in [0.1, 0.15) is 24.1 Å². The fraction of sp³-hybridized carbons (Fsp3) is 0.296. The average Bonchev–Trinajstić information content (AvgIpc) is 3.25. The van der Waals surface area contributed by atoms with E-state index < -0.39 is 0 Å². The van der Waals surface area contributed by atoms with Crippen LogP contribution in [0, 0.1) is 0 Å². The van der Waals surface area contributed by atoms with Crippen LogP contribution in [0.4, 0.5) is 21.9 Å². The molecule has 33 heavy (non-hydrogen) atoms. The highest BCUT2D eigenvalue weighted by Crippen LogP contribution is 2.35. The lowest BCUT2D eigenvalue weighted by Gasteiger charge is -2.31. The van der Waals surface area contributed by atoms with Gasteiger partial charge < -0.3 is 25.2 Å². The molecule has 6 heteroatoms. The molecule has 0 fully saturated rings. The van der Waals surface area contributed by atoms with Gasteiger partial charge in [-0.15, -0.1) is 0 Å². The van der Waals surface area contributed by atoms with Crippen LogP contribution in [0.15, 0.2) is 72.8 Å². The lowest BCUT2D eigenvalue weighted by atomic mass is 10.0. The van der Waals surface area contributed by atoms with Crippen molar-refractivity contribution in [1.29, 1.82) is 0 Å². The van der Waals surface area contributed by atoms with Gasteiger partial charge in [0.2, 0.25) is 0 Å². The highest BCUT2D eigenvalue weighted by molar-refractivity contribution is 5.91. The second kappa shape index (κ2) is 10.3. The second-order valence-electron chi connectivity index (χ2n) is 8.34. The Labute approximate surface area is 196 Å². The van der Waals surface area contributed by atoms with Crippen LogP contribution in [-0.2, 0) is 6.42 Å². The standard InChI is InChI=1S/C27H32N4O2/c1-4-33-26-12-8-6-10-23(26)29-27(32)28-19-25(21-13-15-22(16-14-21)30(2)3)31-18-17-20-9-5-7-11-24(20)31/h5-16,25H,4,17-19H2,1-3H3,(H2,28,29,32). The van der Waals surface area contributed by atoms with Gasteiger partial charge in [-0.05, 0) is 54.8 Å². The normalized spacial score (nSPS) is 13.2. The second-order valence-corrected chi connectivity index (χ2v) is 8.34. The number of ether oxygens (including phenoxy) is 1. The number of carbonyl (C=O) groups is 1. The quantitative estimate of drug-likeness (QED) is 0.509. The lowest BCUT2D eigenvalue weighted by molar-refractivity contribution is 0.251. The molecular weight excluding hydrogens is 412 g/mol. The van der Waals surface area contributed by atoms with Gasteiger partial charge in [0.25, 0.3) is 0 Å². The number of urea groups is 1. The van der Waals surface area contributed by atoms with Crippen LogP contribution in [0.5, 0.6) is 5.75 Å². The number of amides is 2. The monoisotopic (exact) mass is 444 g/mol. The summed E-state index contributed by atoms with van der Waals surface area (Å²) in [7, 11) is 4.07. The Hall–Kier alpha value is -3.67. The molecule has 1 heterocycles. The third-order valence-corrected chi connectivity index (χ3v) is 5.98. The van der Waals surface area contributed by atoms with E-state index in [-0.39, 0.29) is 12.1 Å². The molecule has 1 aliphatic rings. The predicted octanol–water partition coefficient (Wildman–Crippen LogP) is 5.08. The number of carbonyl (C=O) groups excluding carboxylic acids is 1. The molecule has 1 atom stereocenters. The van der Waals surface area contributed by atoms with Gasteiger partial charge in [0, 0.05) is 38.6 Å². The molecule has 0 aromatic heterocycles. The van der Waals surface area contributed by atoms with Crippen LogP contribution in [0.3, 0.4) is 0 Å². The number of anilines is 3. The van der Waals surface area contributed by atoms with Crippen LogP contribution >= 0.6 is 0 Å². The number of hydrogen-bond acceptors (Lipinski definition) is 4. The summed E-state index contributed by atoms with van der Waals surface area (Å²) in [4.78, 5) is 17.3. The highest BCUT2D eigenvalue weighted by atomic mass is 16.5. The van der Waals surface area contributed by atoms with Crippen molar-refractivity contribution < 1.29 is 9.53 Å². The molecule has 1 unspecified atom stereocenters. The van der Waals surface area contributed by atoms with Crippen molar-refractivity contribution in [3.05, 3.63) is 83.9 Å². The minimum atomic E-state index is -0.246. The Balaban J connectivity index is 1.52. The summed E-state index contributed by atoms with van der Waals surface area (Å²) in [6, 6.07) is 24.4. The van der Waals surface area contributed by atoms with Gasteiger partial charge in [-0.3, -0.25) is 0 Å². The van der Waals surface area contributed by atoms with Gasteiger partial charge in [-0.1, -0.05) is 42.5 Å². The SMILES string of the molecule is CCOc1ccccc1NC(=O)NCC(c1ccc(N(C)C)cc1)N1CCc2ccccc21. The molecule has 3 aromatic carbocycles. The number of nitrogens with zero attached hydrogens (tertiary/aromatic N) is 2. The van der Waals surface area contributed by atoms with Crippen molar-refractivity contribution in [1.82, 2.24) is 5.32 Å². The maximum Gasteiger partial charge on any atom is 0.319 e. The third kappa shape index (κ3) is 5.22. The molecule has 2 N–H and O–H groups in total. The van der Waals surface area contributed by atoms with Crippen molar-refractivity contribution in [3.8, 4) is 5.75 Å². The van der Waals surface area contributed by atoms with Crippen molar-refractivity contribution in [2.45, 2.75) is 19.4 Å². The zero-order chi connectivity index (χ0) is 23.2. The predicted molar refractivity (Wildman–Crippen MR) is 136 cm³/mol. The van der Waals surface area contributed by atoms with E-state index in [1.165, 1.54) is 16.8 Å². The first kappa shape index (κ1) is 22.5. The van der Waals surface area contributed by atoms with Crippen LogP contribution in [0.2, 0.25) is 0 Å².